The third-order valence-electron chi connectivity index (χ3n) is 1.73. The summed E-state index contributed by atoms with van der Waals surface area (Å²) in [5, 5.41) is 8.56. The van der Waals surface area contributed by atoms with Gasteiger partial charge in [-0.3, -0.25) is 4.79 Å². The summed E-state index contributed by atoms with van der Waals surface area (Å²) in [6, 6.07) is 0. The van der Waals surface area contributed by atoms with E-state index in [1.54, 1.807) is 13.1 Å². The molecule has 0 bridgehead atoms. The number of carboxylic acids is 1. The summed E-state index contributed by atoms with van der Waals surface area (Å²) >= 11 is 0. The van der Waals surface area contributed by atoms with E-state index < -0.39 is 5.97 Å². The van der Waals surface area contributed by atoms with Gasteiger partial charge in [0.15, 0.2) is 6.39 Å². The molecule has 0 saturated heterocycles. The van der Waals surface area contributed by atoms with Gasteiger partial charge in [0.25, 0.3) is 0 Å². The van der Waals surface area contributed by atoms with E-state index in [1.807, 2.05) is 0 Å². The molecule has 0 aromatic carbocycles. The lowest BCUT2D eigenvalue weighted by Gasteiger charge is -2.02. The van der Waals surface area contributed by atoms with Crippen molar-refractivity contribution in [1.29, 1.82) is 0 Å². The molecular formula is C8H11NO3. The van der Waals surface area contributed by atoms with Crippen molar-refractivity contribution in [1.82, 2.24) is 4.98 Å². The standard InChI is InChI=1S/C8H11NO3/c1-6(8(10)11)2-3-7-4-9-5-12-7/h4-6H,2-3H2,1H3,(H,10,11). The zero-order chi connectivity index (χ0) is 8.97. The SMILES string of the molecule is CC(CCc1cnco1)C(=O)O. The van der Waals surface area contributed by atoms with Crippen LogP contribution in [0.3, 0.4) is 0 Å². The second-order valence-corrected chi connectivity index (χ2v) is 2.75. The fourth-order valence-corrected chi connectivity index (χ4v) is 0.848. The topological polar surface area (TPSA) is 63.3 Å². The summed E-state index contributed by atoms with van der Waals surface area (Å²) in [7, 11) is 0. The minimum Gasteiger partial charge on any atom is -0.481 e. The number of rotatable bonds is 4. The van der Waals surface area contributed by atoms with E-state index in [9.17, 15) is 4.79 Å². The highest BCUT2D eigenvalue weighted by molar-refractivity contribution is 5.69. The summed E-state index contributed by atoms with van der Waals surface area (Å²) in [6.07, 6.45) is 4.17. The quantitative estimate of drug-likeness (QED) is 0.738. The van der Waals surface area contributed by atoms with Crippen LogP contribution in [-0.4, -0.2) is 16.1 Å². The van der Waals surface area contributed by atoms with Gasteiger partial charge in [0, 0.05) is 6.42 Å². The molecule has 1 N–H and O–H groups in total. The molecule has 0 spiro atoms. The molecule has 66 valence electrons. The molecule has 1 unspecified atom stereocenters. The van der Waals surface area contributed by atoms with Crippen molar-refractivity contribution in [3.8, 4) is 0 Å². The van der Waals surface area contributed by atoms with Crippen LogP contribution >= 0.6 is 0 Å². The van der Waals surface area contributed by atoms with Gasteiger partial charge in [-0.15, -0.1) is 0 Å². The number of aryl methyl sites for hydroxylation is 1. The van der Waals surface area contributed by atoms with Crippen LogP contribution in [0.2, 0.25) is 0 Å². The van der Waals surface area contributed by atoms with Crippen LogP contribution in [0.4, 0.5) is 0 Å². The lowest BCUT2D eigenvalue weighted by Crippen LogP contribution is -2.09. The first-order valence-electron chi connectivity index (χ1n) is 3.80. The van der Waals surface area contributed by atoms with Crippen molar-refractivity contribution in [2.45, 2.75) is 19.8 Å². The number of hydrogen-bond acceptors (Lipinski definition) is 3. The average molecular weight is 169 g/mol. The number of carbonyl (C=O) groups is 1. The normalized spacial score (nSPS) is 12.8. The Morgan fingerprint density at radius 3 is 3.08 bits per heavy atom. The zero-order valence-electron chi connectivity index (χ0n) is 6.86. The van der Waals surface area contributed by atoms with Gasteiger partial charge in [-0.25, -0.2) is 4.98 Å². The van der Waals surface area contributed by atoms with E-state index in [-0.39, 0.29) is 5.92 Å². The van der Waals surface area contributed by atoms with Crippen molar-refractivity contribution < 1.29 is 14.3 Å². The van der Waals surface area contributed by atoms with Crippen LogP contribution in [0.1, 0.15) is 19.1 Å². The van der Waals surface area contributed by atoms with Crippen LogP contribution in [0.25, 0.3) is 0 Å². The number of aliphatic carboxylic acids is 1. The van der Waals surface area contributed by atoms with Crippen LogP contribution in [-0.2, 0) is 11.2 Å². The molecule has 0 saturated carbocycles. The molecule has 0 amide bonds. The molecule has 0 aliphatic heterocycles. The molecule has 12 heavy (non-hydrogen) atoms. The Morgan fingerprint density at radius 2 is 2.58 bits per heavy atom. The Balaban J connectivity index is 2.31. The third-order valence-corrected chi connectivity index (χ3v) is 1.73. The molecule has 1 aromatic heterocycles. The van der Waals surface area contributed by atoms with Gasteiger partial charge in [0.05, 0.1) is 12.1 Å². The van der Waals surface area contributed by atoms with Crippen LogP contribution in [0.15, 0.2) is 17.0 Å². The average Bonchev–Trinajstić information content (AvgIpc) is 2.51. The lowest BCUT2D eigenvalue weighted by molar-refractivity contribution is -0.141. The van der Waals surface area contributed by atoms with E-state index in [2.05, 4.69) is 4.98 Å². The molecule has 1 rings (SSSR count). The largest absolute Gasteiger partial charge is 0.481 e. The van der Waals surface area contributed by atoms with E-state index in [1.165, 1.54) is 6.39 Å². The van der Waals surface area contributed by atoms with Crippen molar-refractivity contribution in [3.05, 3.63) is 18.4 Å². The number of carboxylic acid groups (broad SMARTS) is 1. The maximum Gasteiger partial charge on any atom is 0.306 e. The summed E-state index contributed by atoms with van der Waals surface area (Å²) < 4.78 is 4.96. The van der Waals surface area contributed by atoms with E-state index in [0.717, 1.165) is 5.76 Å². The Bertz CT molecular complexity index is 243. The summed E-state index contributed by atoms with van der Waals surface area (Å²) in [4.78, 5) is 14.1. The smallest absolute Gasteiger partial charge is 0.306 e. The van der Waals surface area contributed by atoms with E-state index in [0.29, 0.717) is 12.8 Å². The maximum atomic E-state index is 10.4. The van der Waals surface area contributed by atoms with E-state index >= 15 is 0 Å². The second kappa shape index (κ2) is 3.90. The van der Waals surface area contributed by atoms with Crippen molar-refractivity contribution in [2.24, 2.45) is 5.92 Å². The van der Waals surface area contributed by atoms with Crippen molar-refractivity contribution in [2.75, 3.05) is 0 Å². The highest BCUT2D eigenvalue weighted by atomic mass is 16.4. The molecule has 0 aliphatic carbocycles. The molecule has 4 heteroatoms. The first-order chi connectivity index (χ1) is 5.70. The van der Waals surface area contributed by atoms with Crippen molar-refractivity contribution >= 4 is 5.97 Å². The number of nitrogens with zero attached hydrogens (tertiary/aromatic N) is 1. The highest BCUT2D eigenvalue weighted by Crippen LogP contribution is 2.08. The summed E-state index contributed by atoms with van der Waals surface area (Å²) in [5.74, 6) is -0.354. The molecule has 1 heterocycles. The monoisotopic (exact) mass is 169 g/mol. The maximum absolute atomic E-state index is 10.4. The Kier molecular flexibility index (Phi) is 2.85. The second-order valence-electron chi connectivity index (χ2n) is 2.75. The highest BCUT2D eigenvalue weighted by Gasteiger charge is 2.11. The fraction of sp³-hybridized carbons (Fsp3) is 0.500. The van der Waals surface area contributed by atoms with Gasteiger partial charge in [-0.05, 0) is 6.42 Å². The van der Waals surface area contributed by atoms with Gasteiger partial charge in [-0.2, -0.15) is 0 Å². The zero-order valence-corrected chi connectivity index (χ0v) is 6.86. The van der Waals surface area contributed by atoms with Gasteiger partial charge >= 0.3 is 5.97 Å². The molecule has 0 radical (unpaired) electrons. The minimum absolute atomic E-state index is 0.324. The Hall–Kier alpha value is -1.32. The van der Waals surface area contributed by atoms with Crippen molar-refractivity contribution in [3.63, 3.8) is 0 Å². The first-order valence-corrected chi connectivity index (χ1v) is 3.80. The first kappa shape index (κ1) is 8.77. The lowest BCUT2D eigenvalue weighted by atomic mass is 10.1. The van der Waals surface area contributed by atoms with E-state index in [4.69, 9.17) is 9.52 Å². The number of hydrogen-bond donors (Lipinski definition) is 1. The predicted octanol–water partition coefficient (Wildman–Crippen LogP) is 1.33. The van der Waals surface area contributed by atoms with Crippen LogP contribution < -0.4 is 0 Å². The molecule has 4 nitrogen and oxygen atoms in total. The van der Waals surface area contributed by atoms with Gasteiger partial charge in [0.1, 0.15) is 5.76 Å². The minimum atomic E-state index is -0.769. The number of aromatic nitrogens is 1. The number of oxazole rings is 1. The molecule has 1 atom stereocenters. The summed E-state index contributed by atoms with van der Waals surface area (Å²) in [5.41, 5.74) is 0. The van der Waals surface area contributed by atoms with Crippen LogP contribution in [0, 0.1) is 5.92 Å². The van der Waals surface area contributed by atoms with Gasteiger partial charge in [-0.1, -0.05) is 6.92 Å². The molecular weight excluding hydrogens is 158 g/mol. The molecule has 1 aromatic rings. The third kappa shape index (κ3) is 2.38. The Labute approximate surface area is 70.2 Å². The van der Waals surface area contributed by atoms with Gasteiger partial charge in [0.2, 0.25) is 0 Å². The van der Waals surface area contributed by atoms with Gasteiger partial charge < -0.3 is 9.52 Å². The molecule has 0 fully saturated rings. The van der Waals surface area contributed by atoms with Crippen LogP contribution in [0.5, 0.6) is 0 Å². The predicted molar refractivity (Wildman–Crippen MR) is 41.6 cm³/mol. The fourth-order valence-electron chi connectivity index (χ4n) is 0.848. The summed E-state index contributed by atoms with van der Waals surface area (Å²) in [6.45, 7) is 1.68. The molecule has 0 aliphatic rings. The Morgan fingerprint density at radius 1 is 1.83 bits per heavy atom.